The molecule has 0 saturated carbocycles. The lowest BCUT2D eigenvalue weighted by Gasteiger charge is -2.18. The molecule has 2 aromatic heterocycles. The first-order chi connectivity index (χ1) is 9.79. The average Bonchev–Trinajstić information content (AvgIpc) is 2.91. The van der Waals surface area contributed by atoms with Gasteiger partial charge in [-0.15, -0.1) is 11.3 Å². The lowest BCUT2D eigenvalue weighted by Crippen LogP contribution is -2.22. The highest BCUT2D eigenvalue weighted by atomic mass is 32.1. The summed E-state index contributed by atoms with van der Waals surface area (Å²) in [4.78, 5) is 10.2. The Morgan fingerprint density at radius 3 is 2.85 bits per heavy atom. The molecule has 3 aromatic rings. The number of aromatic nitrogens is 2. The average molecular weight is 283 g/mol. The second kappa shape index (κ2) is 5.69. The van der Waals surface area contributed by atoms with E-state index in [4.69, 9.17) is 0 Å². The SMILES string of the molecule is CCNC(c1csc(C)c1)c1cccc2nccnc12. The molecule has 4 heteroatoms. The summed E-state index contributed by atoms with van der Waals surface area (Å²) < 4.78 is 0. The summed E-state index contributed by atoms with van der Waals surface area (Å²) in [5, 5.41) is 5.78. The Hall–Kier alpha value is -1.78. The molecule has 0 saturated heterocycles. The van der Waals surface area contributed by atoms with Gasteiger partial charge < -0.3 is 5.32 Å². The third-order valence-corrected chi connectivity index (χ3v) is 4.21. The van der Waals surface area contributed by atoms with Gasteiger partial charge in [-0.1, -0.05) is 19.1 Å². The van der Waals surface area contributed by atoms with Crippen LogP contribution in [0.1, 0.15) is 29.0 Å². The van der Waals surface area contributed by atoms with Crippen LogP contribution in [0, 0.1) is 6.92 Å². The van der Waals surface area contributed by atoms with Gasteiger partial charge in [-0.2, -0.15) is 0 Å². The molecule has 0 radical (unpaired) electrons. The van der Waals surface area contributed by atoms with E-state index in [2.05, 4.69) is 52.7 Å². The number of benzene rings is 1. The third kappa shape index (κ3) is 2.44. The Bertz CT molecular complexity index is 715. The van der Waals surface area contributed by atoms with Crippen LogP contribution in [-0.4, -0.2) is 16.5 Å². The molecule has 1 aromatic carbocycles. The standard InChI is InChI=1S/C16H17N3S/c1-3-17-15(12-9-11(2)20-10-12)13-5-4-6-14-16(13)19-8-7-18-14/h4-10,15,17H,3H2,1-2H3. The molecule has 0 aliphatic carbocycles. The van der Waals surface area contributed by atoms with Crippen molar-refractivity contribution < 1.29 is 0 Å². The van der Waals surface area contributed by atoms with Gasteiger partial charge in [0.25, 0.3) is 0 Å². The molecule has 0 aliphatic heterocycles. The van der Waals surface area contributed by atoms with Crippen LogP contribution in [0.5, 0.6) is 0 Å². The van der Waals surface area contributed by atoms with Gasteiger partial charge in [0.05, 0.1) is 17.1 Å². The summed E-state index contributed by atoms with van der Waals surface area (Å²) in [6, 6.07) is 8.61. The van der Waals surface area contributed by atoms with Crippen LogP contribution >= 0.6 is 11.3 Å². The summed E-state index contributed by atoms with van der Waals surface area (Å²) >= 11 is 1.78. The molecule has 3 nitrogen and oxygen atoms in total. The molecule has 102 valence electrons. The first-order valence-electron chi connectivity index (χ1n) is 6.77. The second-order valence-corrected chi connectivity index (χ2v) is 5.87. The molecule has 1 unspecified atom stereocenters. The predicted molar refractivity (Wildman–Crippen MR) is 84.1 cm³/mol. The Morgan fingerprint density at radius 2 is 2.10 bits per heavy atom. The van der Waals surface area contributed by atoms with Crippen LogP contribution in [0.15, 0.2) is 42.0 Å². The van der Waals surface area contributed by atoms with Gasteiger partial charge in [-0.25, -0.2) is 0 Å². The van der Waals surface area contributed by atoms with E-state index in [-0.39, 0.29) is 6.04 Å². The molecule has 0 fully saturated rings. The third-order valence-electron chi connectivity index (χ3n) is 3.33. The lowest BCUT2D eigenvalue weighted by atomic mass is 9.99. The molecule has 0 aliphatic rings. The zero-order valence-corrected chi connectivity index (χ0v) is 12.4. The fourth-order valence-electron chi connectivity index (χ4n) is 2.47. The van der Waals surface area contributed by atoms with Crippen LogP contribution in [-0.2, 0) is 0 Å². The van der Waals surface area contributed by atoms with Gasteiger partial charge in [0, 0.05) is 22.8 Å². The monoisotopic (exact) mass is 283 g/mol. The maximum absolute atomic E-state index is 4.52. The number of rotatable bonds is 4. The highest BCUT2D eigenvalue weighted by Gasteiger charge is 2.17. The summed E-state index contributed by atoms with van der Waals surface area (Å²) in [6.07, 6.45) is 3.50. The Balaban J connectivity index is 2.14. The molecule has 3 rings (SSSR count). The smallest absolute Gasteiger partial charge is 0.0937 e. The van der Waals surface area contributed by atoms with Gasteiger partial charge in [0.1, 0.15) is 0 Å². The van der Waals surface area contributed by atoms with Crippen molar-refractivity contribution in [2.75, 3.05) is 6.54 Å². The number of fused-ring (bicyclic) bond motifs is 1. The fourth-order valence-corrected chi connectivity index (χ4v) is 3.20. The zero-order chi connectivity index (χ0) is 13.9. The number of para-hydroxylation sites is 1. The molecule has 0 spiro atoms. The van der Waals surface area contributed by atoms with Crippen LogP contribution in [0.4, 0.5) is 0 Å². The number of nitrogens with one attached hydrogen (secondary N) is 1. The summed E-state index contributed by atoms with van der Waals surface area (Å²) in [5.41, 5.74) is 4.41. The van der Waals surface area contributed by atoms with Crippen molar-refractivity contribution in [3.8, 4) is 0 Å². The number of aryl methyl sites for hydroxylation is 1. The summed E-state index contributed by atoms with van der Waals surface area (Å²) in [6.45, 7) is 5.18. The van der Waals surface area contributed by atoms with Gasteiger partial charge in [-0.3, -0.25) is 9.97 Å². The fraction of sp³-hybridized carbons (Fsp3) is 0.250. The van der Waals surface area contributed by atoms with Crippen molar-refractivity contribution >= 4 is 22.4 Å². The molecular formula is C16H17N3S. The van der Waals surface area contributed by atoms with E-state index >= 15 is 0 Å². The summed E-state index contributed by atoms with van der Waals surface area (Å²) in [5.74, 6) is 0. The minimum Gasteiger partial charge on any atom is -0.306 e. The van der Waals surface area contributed by atoms with E-state index < -0.39 is 0 Å². The quantitative estimate of drug-likeness (QED) is 0.793. The van der Waals surface area contributed by atoms with Crippen molar-refractivity contribution in [1.82, 2.24) is 15.3 Å². The number of nitrogens with zero attached hydrogens (tertiary/aromatic N) is 2. The zero-order valence-electron chi connectivity index (χ0n) is 11.6. The molecular weight excluding hydrogens is 266 g/mol. The second-order valence-electron chi connectivity index (χ2n) is 4.75. The first kappa shape index (κ1) is 13.2. The molecule has 2 heterocycles. The Kier molecular flexibility index (Phi) is 3.76. The minimum absolute atomic E-state index is 0.172. The first-order valence-corrected chi connectivity index (χ1v) is 7.65. The Morgan fingerprint density at radius 1 is 1.25 bits per heavy atom. The predicted octanol–water partition coefficient (Wildman–Crippen LogP) is 3.70. The van der Waals surface area contributed by atoms with Crippen molar-refractivity contribution in [3.63, 3.8) is 0 Å². The van der Waals surface area contributed by atoms with E-state index in [1.807, 2.05) is 6.07 Å². The molecule has 0 amide bonds. The highest BCUT2D eigenvalue weighted by molar-refractivity contribution is 7.10. The molecule has 0 bridgehead atoms. The topological polar surface area (TPSA) is 37.8 Å². The highest BCUT2D eigenvalue weighted by Crippen LogP contribution is 2.29. The van der Waals surface area contributed by atoms with Gasteiger partial charge in [0.15, 0.2) is 0 Å². The van der Waals surface area contributed by atoms with Crippen LogP contribution in [0.3, 0.4) is 0 Å². The van der Waals surface area contributed by atoms with E-state index in [0.29, 0.717) is 0 Å². The van der Waals surface area contributed by atoms with Crippen molar-refractivity contribution in [2.45, 2.75) is 19.9 Å². The molecule has 1 atom stereocenters. The van der Waals surface area contributed by atoms with Gasteiger partial charge in [0.2, 0.25) is 0 Å². The van der Waals surface area contributed by atoms with E-state index in [1.54, 1.807) is 23.7 Å². The van der Waals surface area contributed by atoms with Crippen LogP contribution in [0.2, 0.25) is 0 Å². The lowest BCUT2D eigenvalue weighted by molar-refractivity contribution is 0.635. The van der Waals surface area contributed by atoms with Crippen molar-refractivity contribution in [3.05, 3.63) is 58.0 Å². The van der Waals surface area contributed by atoms with E-state index in [9.17, 15) is 0 Å². The normalized spacial score (nSPS) is 12.7. The number of thiophene rings is 1. The number of hydrogen-bond acceptors (Lipinski definition) is 4. The largest absolute Gasteiger partial charge is 0.306 e. The van der Waals surface area contributed by atoms with Gasteiger partial charge >= 0.3 is 0 Å². The minimum atomic E-state index is 0.172. The maximum atomic E-state index is 4.52. The number of hydrogen-bond donors (Lipinski definition) is 1. The van der Waals surface area contributed by atoms with E-state index in [0.717, 1.165) is 17.6 Å². The Labute approximate surface area is 122 Å². The van der Waals surface area contributed by atoms with E-state index in [1.165, 1.54) is 16.0 Å². The van der Waals surface area contributed by atoms with Crippen LogP contribution in [0.25, 0.3) is 11.0 Å². The van der Waals surface area contributed by atoms with Crippen molar-refractivity contribution in [2.24, 2.45) is 0 Å². The summed E-state index contributed by atoms with van der Waals surface area (Å²) in [7, 11) is 0. The van der Waals surface area contributed by atoms with Crippen LogP contribution < -0.4 is 5.32 Å². The molecule has 20 heavy (non-hydrogen) atoms. The maximum Gasteiger partial charge on any atom is 0.0937 e. The van der Waals surface area contributed by atoms with Crippen molar-refractivity contribution in [1.29, 1.82) is 0 Å². The molecule has 1 N–H and O–H groups in total. The van der Waals surface area contributed by atoms with Gasteiger partial charge in [-0.05, 0) is 36.5 Å².